The number of piperidine rings is 1. The molecule has 2 N–H and O–H groups in total. The SMILES string of the molecule is CCOC1CCN(S(=O)(=O)Cc2cccc(CN)c2)CC1. The normalized spacial score (nSPS) is 18.0. The second-order valence-electron chi connectivity index (χ2n) is 5.33. The molecule has 0 amide bonds. The summed E-state index contributed by atoms with van der Waals surface area (Å²) in [5.41, 5.74) is 7.35. The zero-order chi connectivity index (χ0) is 15.3. The van der Waals surface area contributed by atoms with Crippen molar-refractivity contribution in [3.05, 3.63) is 35.4 Å². The van der Waals surface area contributed by atoms with Crippen LogP contribution in [0.3, 0.4) is 0 Å². The number of ether oxygens (including phenoxy) is 1. The lowest BCUT2D eigenvalue weighted by atomic mass is 10.1. The highest BCUT2D eigenvalue weighted by atomic mass is 32.2. The third-order valence-corrected chi connectivity index (χ3v) is 5.62. The van der Waals surface area contributed by atoms with E-state index in [1.54, 1.807) is 4.31 Å². The van der Waals surface area contributed by atoms with Crippen molar-refractivity contribution in [1.29, 1.82) is 0 Å². The molecular weight excluding hydrogens is 288 g/mol. The zero-order valence-electron chi connectivity index (χ0n) is 12.5. The van der Waals surface area contributed by atoms with Gasteiger partial charge in [-0.05, 0) is 30.9 Å². The molecule has 5 nitrogen and oxygen atoms in total. The maximum absolute atomic E-state index is 12.5. The molecule has 21 heavy (non-hydrogen) atoms. The van der Waals surface area contributed by atoms with E-state index in [-0.39, 0.29) is 11.9 Å². The zero-order valence-corrected chi connectivity index (χ0v) is 13.3. The van der Waals surface area contributed by atoms with Gasteiger partial charge in [0.15, 0.2) is 0 Å². The molecule has 0 unspecified atom stereocenters. The molecule has 0 spiro atoms. The molecule has 1 heterocycles. The van der Waals surface area contributed by atoms with E-state index in [1.165, 1.54) is 0 Å². The summed E-state index contributed by atoms with van der Waals surface area (Å²) >= 11 is 0. The molecule has 0 aliphatic carbocycles. The second kappa shape index (κ2) is 7.35. The summed E-state index contributed by atoms with van der Waals surface area (Å²) in [6.45, 7) is 4.16. The number of hydrogen-bond acceptors (Lipinski definition) is 4. The first kappa shape index (κ1) is 16.4. The van der Waals surface area contributed by atoms with Crippen molar-refractivity contribution in [2.24, 2.45) is 5.73 Å². The molecule has 1 aromatic carbocycles. The third kappa shape index (κ3) is 4.51. The number of benzene rings is 1. The maximum atomic E-state index is 12.5. The minimum atomic E-state index is -3.26. The molecule has 0 aromatic heterocycles. The van der Waals surface area contributed by atoms with Crippen molar-refractivity contribution in [3.63, 3.8) is 0 Å². The van der Waals surface area contributed by atoms with Gasteiger partial charge in [-0.15, -0.1) is 0 Å². The van der Waals surface area contributed by atoms with Gasteiger partial charge in [-0.1, -0.05) is 24.3 Å². The maximum Gasteiger partial charge on any atom is 0.218 e. The monoisotopic (exact) mass is 312 g/mol. The van der Waals surface area contributed by atoms with Crippen LogP contribution in [0.25, 0.3) is 0 Å². The van der Waals surface area contributed by atoms with Crippen LogP contribution in [0.15, 0.2) is 24.3 Å². The van der Waals surface area contributed by atoms with Crippen molar-refractivity contribution in [2.45, 2.75) is 38.2 Å². The smallest absolute Gasteiger partial charge is 0.218 e. The van der Waals surface area contributed by atoms with E-state index < -0.39 is 10.0 Å². The number of nitrogens with zero attached hydrogens (tertiary/aromatic N) is 1. The summed E-state index contributed by atoms with van der Waals surface area (Å²) in [6, 6.07) is 7.46. The highest BCUT2D eigenvalue weighted by Crippen LogP contribution is 2.19. The molecule has 0 saturated carbocycles. The Kier molecular flexibility index (Phi) is 5.75. The lowest BCUT2D eigenvalue weighted by molar-refractivity contribution is 0.0290. The Bertz CT molecular complexity index is 552. The van der Waals surface area contributed by atoms with Crippen LogP contribution in [0.4, 0.5) is 0 Å². The predicted octanol–water partition coefficient (Wildman–Crippen LogP) is 1.48. The first-order valence-corrected chi connectivity index (χ1v) is 9.03. The van der Waals surface area contributed by atoms with Gasteiger partial charge in [-0.25, -0.2) is 12.7 Å². The van der Waals surface area contributed by atoms with Crippen LogP contribution in [-0.2, 0) is 27.1 Å². The third-order valence-electron chi connectivity index (χ3n) is 3.77. The van der Waals surface area contributed by atoms with Crippen molar-refractivity contribution in [1.82, 2.24) is 4.31 Å². The van der Waals surface area contributed by atoms with Gasteiger partial charge < -0.3 is 10.5 Å². The van der Waals surface area contributed by atoms with E-state index >= 15 is 0 Å². The van der Waals surface area contributed by atoms with Crippen molar-refractivity contribution in [2.75, 3.05) is 19.7 Å². The average Bonchev–Trinajstić information content (AvgIpc) is 2.48. The second-order valence-corrected chi connectivity index (χ2v) is 7.30. The van der Waals surface area contributed by atoms with Gasteiger partial charge in [0.2, 0.25) is 10.0 Å². The molecule has 1 saturated heterocycles. The molecule has 1 aliphatic heterocycles. The van der Waals surface area contributed by atoms with E-state index in [2.05, 4.69) is 0 Å². The largest absolute Gasteiger partial charge is 0.378 e. The summed E-state index contributed by atoms with van der Waals surface area (Å²) in [5, 5.41) is 0. The summed E-state index contributed by atoms with van der Waals surface area (Å²) < 4.78 is 32.1. The molecule has 1 aromatic rings. The molecule has 1 fully saturated rings. The number of hydrogen-bond donors (Lipinski definition) is 1. The van der Waals surface area contributed by atoms with Crippen LogP contribution in [0, 0.1) is 0 Å². The van der Waals surface area contributed by atoms with Crippen molar-refractivity contribution in [3.8, 4) is 0 Å². The quantitative estimate of drug-likeness (QED) is 0.863. The molecule has 0 bridgehead atoms. The van der Waals surface area contributed by atoms with Crippen LogP contribution in [0.5, 0.6) is 0 Å². The van der Waals surface area contributed by atoms with E-state index in [0.29, 0.717) is 26.2 Å². The minimum absolute atomic E-state index is 0.0418. The highest BCUT2D eigenvalue weighted by molar-refractivity contribution is 7.88. The van der Waals surface area contributed by atoms with Crippen molar-refractivity contribution < 1.29 is 13.2 Å². The lowest BCUT2D eigenvalue weighted by Gasteiger charge is -2.31. The first-order chi connectivity index (χ1) is 10.0. The fourth-order valence-electron chi connectivity index (χ4n) is 2.66. The molecule has 6 heteroatoms. The van der Waals surface area contributed by atoms with Gasteiger partial charge in [0.1, 0.15) is 0 Å². The Hall–Kier alpha value is -0.950. The van der Waals surface area contributed by atoms with E-state index in [0.717, 1.165) is 24.0 Å². The fraction of sp³-hybridized carbons (Fsp3) is 0.600. The van der Waals surface area contributed by atoms with Crippen LogP contribution < -0.4 is 5.73 Å². The van der Waals surface area contributed by atoms with Crippen LogP contribution in [0.2, 0.25) is 0 Å². The molecule has 118 valence electrons. The number of sulfonamides is 1. The molecular formula is C15H24N2O3S. The Morgan fingerprint density at radius 3 is 2.57 bits per heavy atom. The van der Waals surface area contributed by atoms with Gasteiger partial charge in [0, 0.05) is 26.2 Å². The highest BCUT2D eigenvalue weighted by Gasteiger charge is 2.28. The predicted molar refractivity (Wildman–Crippen MR) is 83.2 cm³/mol. The molecule has 2 rings (SSSR count). The molecule has 1 aliphatic rings. The minimum Gasteiger partial charge on any atom is -0.378 e. The summed E-state index contributed by atoms with van der Waals surface area (Å²) in [7, 11) is -3.26. The summed E-state index contributed by atoms with van der Waals surface area (Å²) in [5.74, 6) is 0.0418. The van der Waals surface area contributed by atoms with Crippen LogP contribution >= 0.6 is 0 Å². The Labute approximate surface area is 127 Å². The summed E-state index contributed by atoms with van der Waals surface area (Å²) in [4.78, 5) is 0. The Morgan fingerprint density at radius 1 is 1.29 bits per heavy atom. The van der Waals surface area contributed by atoms with Gasteiger partial charge >= 0.3 is 0 Å². The molecule has 0 radical (unpaired) electrons. The Balaban J connectivity index is 1.99. The number of rotatable bonds is 6. The van der Waals surface area contributed by atoms with Gasteiger partial charge in [0.25, 0.3) is 0 Å². The summed E-state index contributed by atoms with van der Waals surface area (Å²) in [6.07, 6.45) is 1.74. The lowest BCUT2D eigenvalue weighted by Crippen LogP contribution is -2.41. The van der Waals surface area contributed by atoms with Crippen LogP contribution in [-0.4, -0.2) is 38.5 Å². The van der Waals surface area contributed by atoms with Crippen LogP contribution in [0.1, 0.15) is 30.9 Å². The van der Waals surface area contributed by atoms with Gasteiger partial charge in [-0.2, -0.15) is 0 Å². The number of nitrogens with two attached hydrogens (primary N) is 1. The standard InChI is InChI=1S/C15H24N2O3S/c1-2-20-15-6-8-17(9-7-15)21(18,19)12-14-5-3-4-13(10-14)11-16/h3-5,10,15H,2,6-9,11-12,16H2,1H3. The average molecular weight is 312 g/mol. The fourth-order valence-corrected chi connectivity index (χ4v) is 4.21. The topological polar surface area (TPSA) is 72.6 Å². The molecule has 0 atom stereocenters. The van der Waals surface area contributed by atoms with E-state index in [1.807, 2.05) is 31.2 Å². The Morgan fingerprint density at radius 2 is 1.95 bits per heavy atom. The van der Waals surface area contributed by atoms with E-state index in [9.17, 15) is 8.42 Å². The first-order valence-electron chi connectivity index (χ1n) is 7.42. The van der Waals surface area contributed by atoms with Gasteiger partial charge in [-0.3, -0.25) is 0 Å². The van der Waals surface area contributed by atoms with Crippen molar-refractivity contribution >= 4 is 10.0 Å². The van der Waals surface area contributed by atoms with Gasteiger partial charge in [0.05, 0.1) is 11.9 Å². The van der Waals surface area contributed by atoms with E-state index in [4.69, 9.17) is 10.5 Å².